The smallest absolute Gasteiger partial charge is 0.235 e. The van der Waals surface area contributed by atoms with Gasteiger partial charge in [-0.05, 0) is 30.2 Å². The Morgan fingerprint density at radius 1 is 1.09 bits per heavy atom. The first-order chi connectivity index (χ1) is 10.7. The highest BCUT2D eigenvalue weighted by Gasteiger charge is 2.06. The van der Waals surface area contributed by atoms with Crippen LogP contribution in [0.3, 0.4) is 0 Å². The van der Waals surface area contributed by atoms with Crippen molar-refractivity contribution in [3.05, 3.63) is 76.0 Å². The summed E-state index contributed by atoms with van der Waals surface area (Å²) in [5.74, 6) is 1.19. The molecule has 0 bridgehead atoms. The summed E-state index contributed by atoms with van der Waals surface area (Å²) in [5, 5.41) is 10.4. The molecule has 2 rings (SSSR count). The molecule has 0 heterocycles. The van der Waals surface area contributed by atoms with Gasteiger partial charge in [0, 0.05) is 6.08 Å². The number of hydrogen-bond donors (Lipinski definition) is 0. The monoisotopic (exact) mass is 299 g/mol. The maximum absolute atomic E-state index is 10.4. The summed E-state index contributed by atoms with van der Waals surface area (Å²) in [6, 6.07) is 15.1. The van der Waals surface area contributed by atoms with Gasteiger partial charge in [0.25, 0.3) is 0 Å². The zero-order valence-corrected chi connectivity index (χ0v) is 12.3. The van der Waals surface area contributed by atoms with E-state index in [1.807, 2.05) is 37.3 Å². The maximum Gasteiger partial charge on any atom is 0.235 e. The normalized spacial score (nSPS) is 10.6. The lowest BCUT2D eigenvalue weighted by Gasteiger charge is -2.12. The van der Waals surface area contributed by atoms with Crippen LogP contribution < -0.4 is 9.47 Å². The zero-order valence-electron chi connectivity index (χ0n) is 12.3. The van der Waals surface area contributed by atoms with Gasteiger partial charge in [0.05, 0.1) is 11.5 Å². The second kappa shape index (κ2) is 7.83. The molecule has 0 aliphatic carbocycles. The van der Waals surface area contributed by atoms with E-state index < -0.39 is 4.92 Å². The van der Waals surface area contributed by atoms with Crippen LogP contribution in [0.4, 0.5) is 0 Å². The van der Waals surface area contributed by atoms with E-state index >= 15 is 0 Å². The molecule has 0 spiro atoms. The summed E-state index contributed by atoms with van der Waals surface area (Å²) < 4.78 is 11.3. The summed E-state index contributed by atoms with van der Waals surface area (Å²) in [6.07, 6.45) is 2.32. The van der Waals surface area contributed by atoms with Gasteiger partial charge in [-0.1, -0.05) is 36.4 Å². The van der Waals surface area contributed by atoms with Crippen LogP contribution in [-0.2, 0) is 6.61 Å². The Morgan fingerprint density at radius 3 is 2.55 bits per heavy atom. The summed E-state index contributed by atoms with van der Waals surface area (Å²) in [7, 11) is 0. The van der Waals surface area contributed by atoms with Crippen LogP contribution in [-0.4, -0.2) is 11.5 Å². The summed E-state index contributed by atoms with van der Waals surface area (Å²) in [6.45, 7) is 2.80. The van der Waals surface area contributed by atoms with E-state index in [4.69, 9.17) is 9.47 Å². The largest absolute Gasteiger partial charge is 0.490 e. The zero-order chi connectivity index (χ0) is 15.8. The third-order valence-corrected chi connectivity index (χ3v) is 2.89. The van der Waals surface area contributed by atoms with Crippen LogP contribution in [0.2, 0.25) is 0 Å². The van der Waals surface area contributed by atoms with Crippen molar-refractivity contribution in [1.29, 1.82) is 0 Å². The number of benzene rings is 2. The number of nitro groups is 1. The Bertz CT molecular complexity index is 653. The van der Waals surface area contributed by atoms with Crippen molar-refractivity contribution in [3.63, 3.8) is 0 Å². The van der Waals surface area contributed by atoms with E-state index in [0.29, 0.717) is 30.3 Å². The highest BCUT2D eigenvalue weighted by atomic mass is 16.6. The molecule has 0 atom stereocenters. The van der Waals surface area contributed by atoms with Crippen LogP contribution in [0.15, 0.2) is 54.7 Å². The van der Waals surface area contributed by atoms with Gasteiger partial charge in [-0.15, -0.1) is 0 Å². The molecule has 0 aromatic heterocycles. The topological polar surface area (TPSA) is 61.6 Å². The van der Waals surface area contributed by atoms with Crippen molar-refractivity contribution >= 4 is 6.08 Å². The van der Waals surface area contributed by atoms with Crippen LogP contribution in [0.5, 0.6) is 11.5 Å². The molecule has 0 radical (unpaired) electrons. The van der Waals surface area contributed by atoms with Gasteiger partial charge in [-0.2, -0.15) is 0 Å². The van der Waals surface area contributed by atoms with Gasteiger partial charge in [0.2, 0.25) is 6.20 Å². The van der Waals surface area contributed by atoms with Crippen LogP contribution in [0, 0.1) is 10.1 Å². The lowest BCUT2D eigenvalue weighted by atomic mass is 10.2. The Kier molecular flexibility index (Phi) is 5.54. The minimum atomic E-state index is -0.500. The van der Waals surface area contributed by atoms with Crippen LogP contribution in [0.25, 0.3) is 6.08 Å². The van der Waals surface area contributed by atoms with E-state index in [2.05, 4.69) is 0 Å². The van der Waals surface area contributed by atoms with Crippen LogP contribution >= 0.6 is 0 Å². The molecule has 2 aromatic rings. The molecule has 0 N–H and O–H groups in total. The van der Waals surface area contributed by atoms with E-state index in [1.54, 1.807) is 18.2 Å². The van der Waals surface area contributed by atoms with Gasteiger partial charge in [-0.3, -0.25) is 10.1 Å². The summed E-state index contributed by atoms with van der Waals surface area (Å²) in [5.41, 5.74) is 1.74. The third-order valence-electron chi connectivity index (χ3n) is 2.89. The molecule has 0 saturated heterocycles. The van der Waals surface area contributed by atoms with Gasteiger partial charge >= 0.3 is 0 Å². The Balaban J connectivity index is 2.14. The predicted molar refractivity (Wildman–Crippen MR) is 84.4 cm³/mol. The van der Waals surface area contributed by atoms with Gasteiger partial charge in [0.1, 0.15) is 6.61 Å². The van der Waals surface area contributed by atoms with Gasteiger partial charge in [0.15, 0.2) is 11.5 Å². The molecule has 22 heavy (non-hydrogen) atoms. The number of rotatable bonds is 7. The minimum Gasteiger partial charge on any atom is -0.490 e. The molecule has 0 saturated carbocycles. The summed E-state index contributed by atoms with van der Waals surface area (Å²) >= 11 is 0. The quantitative estimate of drug-likeness (QED) is 0.574. The molecule has 5 heteroatoms. The van der Waals surface area contributed by atoms with Crippen molar-refractivity contribution < 1.29 is 14.4 Å². The standard InChI is InChI=1S/C17H17NO4/c1-2-21-17-12-14(10-11-18(19)20)8-9-16(17)22-13-15-6-4-3-5-7-15/h3-12H,2,13H2,1H3/b11-10+. The molecule has 0 aliphatic rings. The number of ether oxygens (including phenoxy) is 2. The SMILES string of the molecule is CCOc1cc(/C=C/[N+](=O)[O-])ccc1OCc1ccccc1. The molecule has 0 amide bonds. The molecule has 2 aromatic carbocycles. The number of hydrogen-bond acceptors (Lipinski definition) is 4. The molecule has 0 aliphatic heterocycles. The molecule has 0 fully saturated rings. The van der Waals surface area contributed by atoms with Crippen molar-refractivity contribution in [1.82, 2.24) is 0 Å². The van der Waals surface area contributed by atoms with Gasteiger partial charge < -0.3 is 9.47 Å². The van der Waals surface area contributed by atoms with E-state index in [9.17, 15) is 10.1 Å². The lowest BCUT2D eigenvalue weighted by Crippen LogP contribution is -1.99. The highest BCUT2D eigenvalue weighted by Crippen LogP contribution is 2.29. The molecular formula is C17H17NO4. The summed E-state index contributed by atoms with van der Waals surface area (Å²) in [4.78, 5) is 9.87. The fraction of sp³-hybridized carbons (Fsp3) is 0.176. The minimum absolute atomic E-state index is 0.436. The first-order valence-electron chi connectivity index (χ1n) is 6.94. The Morgan fingerprint density at radius 2 is 1.86 bits per heavy atom. The van der Waals surface area contributed by atoms with Crippen LogP contribution in [0.1, 0.15) is 18.1 Å². The van der Waals surface area contributed by atoms with E-state index in [0.717, 1.165) is 11.8 Å². The maximum atomic E-state index is 10.4. The van der Waals surface area contributed by atoms with Crippen molar-refractivity contribution in [2.24, 2.45) is 0 Å². The van der Waals surface area contributed by atoms with Gasteiger partial charge in [-0.25, -0.2) is 0 Å². The first-order valence-corrected chi connectivity index (χ1v) is 6.94. The average molecular weight is 299 g/mol. The molecule has 5 nitrogen and oxygen atoms in total. The predicted octanol–water partition coefficient (Wildman–Crippen LogP) is 3.91. The Hall–Kier alpha value is -2.82. The third kappa shape index (κ3) is 4.63. The highest BCUT2D eigenvalue weighted by molar-refractivity contribution is 5.55. The molecular weight excluding hydrogens is 282 g/mol. The number of nitrogens with zero attached hydrogens (tertiary/aromatic N) is 1. The average Bonchev–Trinajstić information content (AvgIpc) is 2.53. The second-order valence-corrected chi connectivity index (χ2v) is 4.51. The van der Waals surface area contributed by atoms with Crippen molar-refractivity contribution in [2.45, 2.75) is 13.5 Å². The fourth-order valence-electron chi connectivity index (χ4n) is 1.90. The first kappa shape index (κ1) is 15.6. The van der Waals surface area contributed by atoms with Crippen molar-refractivity contribution in [3.8, 4) is 11.5 Å². The second-order valence-electron chi connectivity index (χ2n) is 4.51. The molecule has 114 valence electrons. The lowest BCUT2D eigenvalue weighted by molar-refractivity contribution is -0.400. The van der Waals surface area contributed by atoms with E-state index in [-0.39, 0.29) is 0 Å². The fourth-order valence-corrected chi connectivity index (χ4v) is 1.90. The Labute approximate surface area is 129 Å². The van der Waals surface area contributed by atoms with E-state index in [1.165, 1.54) is 6.08 Å². The molecule has 0 unspecified atom stereocenters. The van der Waals surface area contributed by atoms with Crippen molar-refractivity contribution in [2.75, 3.05) is 6.61 Å².